The second-order valence-corrected chi connectivity index (χ2v) is 17.2. The first-order valence-corrected chi connectivity index (χ1v) is 18.9. The lowest BCUT2D eigenvalue weighted by Gasteiger charge is -2.59. The van der Waals surface area contributed by atoms with Gasteiger partial charge in [0.15, 0.2) is 6.29 Å². The molecule has 0 unspecified atom stereocenters. The molecule has 0 aromatic carbocycles. The number of rotatable bonds is 8. The quantitative estimate of drug-likeness (QED) is 0.157. The zero-order valence-corrected chi connectivity index (χ0v) is 30.2. The van der Waals surface area contributed by atoms with Gasteiger partial charge in [0.25, 0.3) is 0 Å². The van der Waals surface area contributed by atoms with Crippen LogP contribution in [0.2, 0.25) is 0 Å². The summed E-state index contributed by atoms with van der Waals surface area (Å²) in [6.45, 7) is 7.44. The van der Waals surface area contributed by atoms with Gasteiger partial charge in [-0.15, -0.1) is 5.10 Å². The van der Waals surface area contributed by atoms with Crippen molar-refractivity contribution in [1.82, 2.24) is 15.0 Å². The first-order chi connectivity index (χ1) is 24.7. The van der Waals surface area contributed by atoms with E-state index >= 15 is 0 Å². The molecule has 0 radical (unpaired) electrons. The van der Waals surface area contributed by atoms with E-state index < -0.39 is 66.4 Å². The third-order valence-corrected chi connectivity index (χ3v) is 15.1. The normalized spacial score (nSPS) is 49.1. The molecule has 6 N–H and O–H groups in total. The number of ketones is 1. The molecule has 2 saturated heterocycles. The number of carbonyl (C=O) groups excluding carboxylic acids is 2. The van der Waals surface area contributed by atoms with E-state index in [1.54, 1.807) is 6.20 Å². The number of epoxide rings is 1. The van der Waals surface area contributed by atoms with Crippen LogP contribution in [0.5, 0.6) is 0 Å². The smallest absolute Gasteiger partial charge is 0.336 e. The van der Waals surface area contributed by atoms with Crippen LogP contribution in [0.1, 0.15) is 84.4 Å². The first-order valence-electron chi connectivity index (χ1n) is 18.9. The van der Waals surface area contributed by atoms with Crippen molar-refractivity contribution in [3.05, 3.63) is 23.0 Å². The molecule has 288 valence electrons. The number of esters is 1. The topological polar surface area (TPSA) is 226 Å². The molecule has 3 aliphatic heterocycles. The Morgan fingerprint density at radius 3 is 2.52 bits per heavy atom. The van der Waals surface area contributed by atoms with E-state index in [4.69, 9.17) is 18.9 Å². The van der Waals surface area contributed by atoms with E-state index in [2.05, 4.69) is 24.2 Å². The second kappa shape index (κ2) is 12.9. The number of fused-ring (bicyclic) bond motifs is 4. The zero-order valence-electron chi connectivity index (χ0n) is 30.2. The molecule has 0 bridgehead atoms. The van der Waals surface area contributed by atoms with Crippen molar-refractivity contribution < 1.29 is 59.2 Å². The minimum absolute atomic E-state index is 0.0147. The third-order valence-electron chi connectivity index (χ3n) is 15.1. The monoisotopic (exact) mass is 731 g/mol. The van der Waals surface area contributed by atoms with Crippen LogP contribution in [0.4, 0.5) is 0 Å². The standard InChI is InChI=1S/C37H53N3O12/c1-16-9-25(50-33(48)20(16)13-41)17(2)21-5-6-22-19-10-28-37(52-28)32(47)24(11-27(43)36(37,4)23(19)7-8-35(21,22)3)40-12-18(38-39-40)15-49-34-31(46)30(45)29(44)26(14-42)51-34/h12,17,19,21-26,28-32,34,41-42,44-47H,5-11,13-15H2,1-4H3/t17-,19-,21+,22-,23-,24-,25+,26+,28+,29-,30-,31+,32-,34+,35+,36-,37-/m0/s1. The van der Waals surface area contributed by atoms with Gasteiger partial charge >= 0.3 is 5.97 Å². The summed E-state index contributed by atoms with van der Waals surface area (Å²) >= 11 is 0. The Morgan fingerprint density at radius 1 is 1.04 bits per heavy atom. The van der Waals surface area contributed by atoms with Gasteiger partial charge in [-0.2, -0.15) is 0 Å². The summed E-state index contributed by atoms with van der Waals surface area (Å²) in [5.41, 5.74) is -0.262. The van der Waals surface area contributed by atoms with E-state index in [-0.39, 0.29) is 60.8 Å². The van der Waals surface area contributed by atoms with Crippen LogP contribution in [0.25, 0.3) is 0 Å². The van der Waals surface area contributed by atoms with Crippen molar-refractivity contribution in [1.29, 1.82) is 0 Å². The van der Waals surface area contributed by atoms with Gasteiger partial charge in [-0.3, -0.25) is 4.79 Å². The molecule has 0 amide bonds. The van der Waals surface area contributed by atoms with Gasteiger partial charge in [0.05, 0.1) is 49.2 Å². The van der Waals surface area contributed by atoms with Crippen molar-refractivity contribution in [2.45, 2.75) is 140 Å². The van der Waals surface area contributed by atoms with E-state index in [1.807, 2.05) is 13.8 Å². The Bertz CT molecular complexity index is 1620. The number of ether oxygens (including phenoxy) is 4. The molecule has 4 heterocycles. The Labute approximate surface area is 302 Å². The summed E-state index contributed by atoms with van der Waals surface area (Å²) in [5.74, 6) is 0.846. The SMILES string of the molecule is CC1=C(CO)C(=O)O[C@@H]([C@@H](C)[C@H]2CC[C@H]3[C@@H]4C[C@H]5O[C@]56[C@@H](O)[C@@H](n5cc(CO[C@@H]7O[C@H](CO)[C@H](O)[C@H](O)[C@H]7O)nn5)CC(=O)[C@]6(C)[C@H]4CC[C@]23C)C1. The average Bonchev–Trinajstić information content (AvgIpc) is 3.48. The molecule has 15 nitrogen and oxygen atoms in total. The molecule has 1 aromatic rings. The highest BCUT2D eigenvalue weighted by Gasteiger charge is 2.82. The average molecular weight is 732 g/mol. The number of carbonyl (C=O) groups is 2. The molecule has 8 rings (SSSR count). The fourth-order valence-electron chi connectivity index (χ4n) is 12.2. The molecule has 4 aliphatic carbocycles. The number of cyclic esters (lactones) is 1. The highest BCUT2D eigenvalue weighted by molar-refractivity contribution is 5.90. The zero-order chi connectivity index (χ0) is 37.1. The van der Waals surface area contributed by atoms with Gasteiger partial charge in [0.1, 0.15) is 53.7 Å². The molecule has 15 heteroatoms. The van der Waals surface area contributed by atoms with Gasteiger partial charge in [-0.05, 0) is 81.0 Å². The fraction of sp³-hybridized carbons (Fsp3) is 0.838. The Hall–Kier alpha value is -2.34. The van der Waals surface area contributed by atoms with Crippen LogP contribution in [-0.2, 0) is 35.1 Å². The lowest BCUT2D eigenvalue weighted by atomic mass is 9.43. The summed E-state index contributed by atoms with van der Waals surface area (Å²) in [7, 11) is 0. The summed E-state index contributed by atoms with van der Waals surface area (Å²) in [6, 6.07) is -0.705. The highest BCUT2D eigenvalue weighted by atomic mass is 16.7. The Balaban J connectivity index is 0.963. The number of nitrogens with zero attached hydrogens (tertiary/aromatic N) is 3. The number of hydrogen-bond acceptors (Lipinski definition) is 14. The minimum Gasteiger partial charge on any atom is -0.458 e. The third kappa shape index (κ3) is 5.10. The van der Waals surface area contributed by atoms with Crippen molar-refractivity contribution in [2.75, 3.05) is 13.2 Å². The van der Waals surface area contributed by atoms with Crippen LogP contribution in [0.3, 0.4) is 0 Å². The lowest BCUT2D eigenvalue weighted by molar-refractivity contribution is -0.304. The van der Waals surface area contributed by atoms with E-state index in [0.717, 1.165) is 37.7 Å². The van der Waals surface area contributed by atoms with Crippen LogP contribution in [0.15, 0.2) is 17.3 Å². The highest BCUT2D eigenvalue weighted by Crippen LogP contribution is 2.74. The van der Waals surface area contributed by atoms with E-state index in [0.29, 0.717) is 29.5 Å². The van der Waals surface area contributed by atoms with Crippen LogP contribution in [-0.4, -0.2) is 125 Å². The number of aliphatic hydroxyl groups is 6. The van der Waals surface area contributed by atoms with Crippen LogP contribution < -0.4 is 0 Å². The van der Waals surface area contributed by atoms with Crippen LogP contribution in [0, 0.1) is 40.4 Å². The van der Waals surface area contributed by atoms with E-state index in [9.17, 15) is 40.2 Å². The van der Waals surface area contributed by atoms with Gasteiger partial charge in [-0.25, -0.2) is 9.48 Å². The summed E-state index contributed by atoms with van der Waals surface area (Å²) < 4.78 is 25.0. The minimum atomic E-state index is -1.58. The molecule has 1 spiro atoms. The number of aliphatic hydroxyl groups excluding tert-OH is 6. The van der Waals surface area contributed by atoms with E-state index in [1.165, 1.54) is 4.68 Å². The van der Waals surface area contributed by atoms with Gasteiger partial charge in [0, 0.05) is 12.8 Å². The van der Waals surface area contributed by atoms with Crippen molar-refractivity contribution in [2.24, 2.45) is 40.4 Å². The predicted molar refractivity (Wildman–Crippen MR) is 178 cm³/mol. The van der Waals surface area contributed by atoms with Crippen LogP contribution >= 0.6 is 0 Å². The number of aromatic nitrogens is 3. The molecule has 4 saturated carbocycles. The molecule has 6 fully saturated rings. The fourth-order valence-corrected chi connectivity index (χ4v) is 12.2. The maximum Gasteiger partial charge on any atom is 0.336 e. The summed E-state index contributed by atoms with van der Waals surface area (Å²) in [4.78, 5) is 27.1. The molecular formula is C37H53N3O12. The number of hydrogen-bond donors (Lipinski definition) is 6. The van der Waals surface area contributed by atoms with Crippen molar-refractivity contribution in [3.63, 3.8) is 0 Å². The molecule has 7 aliphatic rings. The summed E-state index contributed by atoms with van der Waals surface area (Å²) in [6.07, 6.45) is -1.69. The maximum absolute atomic E-state index is 14.5. The van der Waals surface area contributed by atoms with Gasteiger partial charge in [0.2, 0.25) is 0 Å². The first kappa shape index (κ1) is 36.6. The largest absolute Gasteiger partial charge is 0.458 e. The number of Topliss-reactive ketones (excluding diaryl/α,β-unsaturated/α-hetero) is 1. The van der Waals surface area contributed by atoms with Gasteiger partial charge < -0.3 is 49.6 Å². The van der Waals surface area contributed by atoms with Crippen molar-refractivity contribution >= 4 is 11.8 Å². The molecule has 52 heavy (non-hydrogen) atoms. The lowest BCUT2D eigenvalue weighted by Crippen LogP contribution is -2.67. The van der Waals surface area contributed by atoms with Gasteiger partial charge in [-0.1, -0.05) is 24.6 Å². The molecule has 1 aromatic heterocycles. The maximum atomic E-state index is 14.5. The Morgan fingerprint density at radius 2 is 1.81 bits per heavy atom. The molecule has 17 atom stereocenters. The Kier molecular flexibility index (Phi) is 9.07. The van der Waals surface area contributed by atoms with Crippen molar-refractivity contribution in [3.8, 4) is 0 Å². The molecular weight excluding hydrogens is 678 g/mol. The second-order valence-electron chi connectivity index (χ2n) is 17.2. The summed E-state index contributed by atoms with van der Waals surface area (Å²) in [5, 5.41) is 70.0. The predicted octanol–water partition coefficient (Wildman–Crippen LogP) is 0.336.